The first-order valence-corrected chi connectivity index (χ1v) is 12.8. The zero-order chi connectivity index (χ0) is 24.4. The number of thiophene rings is 1. The van der Waals surface area contributed by atoms with Crippen LogP contribution in [0.2, 0.25) is 4.34 Å². The molecule has 1 aliphatic heterocycles. The Labute approximate surface area is 212 Å². The third-order valence-electron chi connectivity index (χ3n) is 6.05. The van der Waals surface area contributed by atoms with Crippen LogP contribution in [-0.4, -0.2) is 60.9 Å². The summed E-state index contributed by atoms with van der Waals surface area (Å²) in [6, 6.07) is 11.6. The lowest BCUT2D eigenvalue weighted by Crippen LogP contribution is -2.47. The minimum absolute atomic E-state index is 0.100. The quantitative estimate of drug-likeness (QED) is 0.393. The van der Waals surface area contributed by atoms with E-state index >= 15 is 0 Å². The Hall–Kier alpha value is -3.08. The van der Waals surface area contributed by atoms with E-state index in [1.165, 1.54) is 11.3 Å². The van der Waals surface area contributed by atoms with Crippen molar-refractivity contribution in [2.75, 3.05) is 13.1 Å². The summed E-state index contributed by atoms with van der Waals surface area (Å²) in [7, 11) is 0. The van der Waals surface area contributed by atoms with E-state index in [-0.39, 0.29) is 24.3 Å². The van der Waals surface area contributed by atoms with Gasteiger partial charge in [-0.05, 0) is 51.0 Å². The number of aromatic nitrogens is 5. The number of halogens is 1. The van der Waals surface area contributed by atoms with E-state index in [0.29, 0.717) is 33.4 Å². The zero-order valence-corrected chi connectivity index (χ0v) is 21.1. The smallest absolute Gasteiger partial charge is 0.289 e. The average molecular weight is 512 g/mol. The van der Waals surface area contributed by atoms with Gasteiger partial charge in [0.25, 0.3) is 5.91 Å². The molecule has 5 rings (SSSR count). The number of likely N-dealkylation sites (tertiary alicyclic amines) is 1. The number of amides is 1. The lowest BCUT2D eigenvalue weighted by Gasteiger charge is -2.34. The summed E-state index contributed by atoms with van der Waals surface area (Å²) in [5.74, 6) is 0.973. The summed E-state index contributed by atoms with van der Waals surface area (Å²) in [5, 5.41) is 11.9. The predicted molar refractivity (Wildman–Crippen MR) is 134 cm³/mol. The van der Waals surface area contributed by atoms with Gasteiger partial charge in [0.15, 0.2) is 5.76 Å². The van der Waals surface area contributed by atoms with Crippen LogP contribution >= 0.6 is 22.9 Å². The number of nitrogens with zero attached hydrogens (tertiary/aromatic N) is 6. The van der Waals surface area contributed by atoms with Gasteiger partial charge in [-0.15, -0.1) is 16.4 Å². The van der Waals surface area contributed by atoms with Crippen molar-refractivity contribution in [1.82, 2.24) is 35.1 Å². The van der Waals surface area contributed by atoms with Gasteiger partial charge >= 0.3 is 0 Å². The molecule has 5 heterocycles. The van der Waals surface area contributed by atoms with Crippen molar-refractivity contribution in [2.24, 2.45) is 0 Å². The molecule has 11 heteroatoms. The Bertz CT molecular complexity index is 1290. The number of pyridine rings is 1. The standard InChI is InChI=1S/C24H26ClN7O2S/c1-15(2)31-11-8-16(9-12-31)27-24(33)23-28-22(18-5-3-4-10-26-18)29-32(23)14-17-13-19(34-30-17)20-6-7-21(25)35-20/h3-7,10,13,15-16H,8-9,11-12,14H2,1-2H3,(H,27,33). The van der Waals surface area contributed by atoms with Crippen molar-refractivity contribution in [3.05, 3.63) is 58.4 Å². The van der Waals surface area contributed by atoms with Crippen molar-refractivity contribution >= 4 is 28.8 Å². The van der Waals surface area contributed by atoms with Crippen molar-refractivity contribution in [3.63, 3.8) is 0 Å². The van der Waals surface area contributed by atoms with Gasteiger partial charge in [0, 0.05) is 37.4 Å². The minimum Gasteiger partial charge on any atom is -0.355 e. The van der Waals surface area contributed by atoms with Crippen LogP contribution in [0.5, 0.6) is 0 Å². The van der Waals surface area contributed by atoms with Gasteiger partial charge in [0.1, 0.15) is 11.4 Å². The fourth-order valence-electron chi connectivity index (χ4n) is 4.14. The second kappa shape index (κ2) is 10.3. The Morgan fingerprint density at radius 2 is 2.09 bits per heavy atom. The number of rotatable bonds is 7. The van der Waals surface area contributed by atoms with Crippen molar-refractivity contribution in [3.8, 4) is 22.2 Å². The highest BCUT2D eigenvalue weighted by atomic mass is 35.5. The molecule has 4 aromatic heterocycles. The molecular formula is C24H26ClN7O2S. The first kappa shape index (κ1) is 23.7. The summed E-state index contributed by atoms with van der Waals surface area (Å²) in [6.07, 6.45) is 3.48. The summed E-state index contributed by atoms with van der Waals surface area (Å²) in [5.41, 5.74) is 1.22. The normalized spacial score (nSPS) is 15.1. The maximum absolute atomic E-state index is 13.3. The number of carbonyl (C=O) groups is 1. The predicted octanol–water partition coefficient (Wildman–Crippen LogP) is 4.36. The molecule has 0 aromatic carbocycles. The fraction of sp³-hybridized carbons (Fsp3) is 0.375. The molecule has 0 radical (unpaired) electrons. The highest BCUT2D eigenvalue weighted by molar-refractivity contribution is 7.19. The van der Waals surface area contributed by atoms with Crippen molar-refractivity contribution in [1.29, 1.82) is 0 Å². The molecule has 0 bridgehead atoms. The Morgan fingerprint density at radius 1 is 1.26 bits per heavy atom. The van der Waals surface area contributed by atoms with E-state index in [4.69, 9.17) is 16.1 Å². The van der Waals surface area contributed by atoms with E-state index in [1.807, 2.05) is 36.4 Å². The number of hydrogen-bond donors (Lipinski definition) is 1. The van der Waals surface area contributed by atoms with E-state index in [2.05, 4.69) is 44.3 Å². The number of carbonyl (C=O) groups excluding carboxylic acids is 1. The van der Waals surface area contributed by atoms with Crippen LogP contribution in [0.4, 0.5) is 0 Å². The number of nitrogens with one attached hydrogen (secondary N) is 1. The van der Waals surface area contributed by atoms with Crippen LogP contribution in [0.25, 0.3) is 22.2 Å². The summed E-state index contributed by atoms with van der Waals surface area (Å²) in [6.45, 7) is 6.55. The molecule has 1 N–H and O–H groups in total. The summed E-state index contributed by atoms with van der Waals surface area (Å²) < 4.78 is 7.74. The van der Waals surface area contributed by atoms with Crippen LogP contribution in [-0.2, 0) is 6.54 Å². The zero-order valence-electron chi connectivity index (χ0n) is 19.5. The van der Waals surface area contributed by atoms with Crippen molar-refractivity contribution < 1.29 is 9.32 Å². The lowest BCUT2D eigenvalue weighted by atomic mass is 10.0. The molecule has 4 aromatic rings. The van der Waals surface area contributed by atoms with Crippen LogP contribution in [0, 0.1) is 0 Å². The Balaban J connectivity index is 1.37. The molecule has 0 aliphatic carbocycles. The van der Waals surface area contributed by atoms with Gasteiger partial charge < -0.3 is 14.7 Å². The largest absolute Gasteiger partial charge is 0.355 e. The van der Waals surface area contributed by atoms with Crippen LogP contribution in [0.1, 0.15) is 43.0 Å². The van der Waals surface area contributed by atoms with Gasteiger partial charge in [0.05, 0.1) is 15.8 Å². The van der Waals surface area contributed by atoms with E-state index in [1.54, 1.807) is 10.9 Å². The highest BCUT2D eigenvalue weighted by Gasteiger charge is 2.26. The summed E-state index contributed by atoms with van der Waals surface area (Å²) in [4.78, 5) is 25.5. The fourth-order valence-corrected chi connectivity index (χ4v) is 5.13. The third-order valence-corrected chi connectivity index (χ3v) is 7.30. The molecule has 0 unspecified atom stereocenters. The molecule has 0 saturated carbocycles. The van der Waals surface area contributed by atoms with Crippen LogP contribution in [0.15, 0.2) is 47.1 Å². The van der Waals surface area contributed by atoms with Crippen molar-refractivity contribution in [2.45, 2.75) is 45.3 Å². The monoisotopic (exact) mass is 511 g/mol. The maximum atomic E-state index is 13.3. The van der Waals surface area contributed by atoms with Crippen LogP contribution in [0.3, 0.4) is 0 Å². The Kier molecular flexibility index (Phi) is 6.94. The molecular weight excluding hydrogens is 486 g/mol. The second-order valence-corrected chi connectivity index (χ2v) is 10.5. The number of piperidine rings is 1. The molecule has 9 nitrogen and oxygen atoms in total. The third kappa shape index (κ3) is 5.44. The van der Waals surface area contributed by atoms with E-state index in [0.717, 1.165) is 30.8 Å². The molecule has 1 aliphatic rings. The van der Waals surface area contributed by atoms with Gasteiger partial charge in [-0.25, -0.2) is 9.67 Å². The maximum Gasteiger partial charge on any atom is 0.289 e. The molecule has 1 amide bonds. The van der Waals surface area contributed by atoms with Gasteiger partial charge in [-0.1, -0.05) is 22.8 Å². The molecule has 1 saturated heterocycles. The Morgan fingerprint density at radius 3 is 2.77 bits per heavy atom. The van der Waals surface area contributed by atoms with E-state index < -0.39 is 0 Å². The van der Waals surface area contributed by atoms with E-state index in [9.17, 15) is 4.79 Å². The number of hydrogen-bond acceptors (Lipinski definition) is 8. The molecule has 1 fully saturated rings. The highest BCUT2D eigenvalue weighted by Crippen LogP contribution is 2.31. The average Bonchev–Trinajstić information content (AvgIpc) is 3.60. The lowest BCUT2D eigenvalue weighted by molar-refractivity contribution is 0.0885. The topological polar surface area (TPSA) is 102 Å². The first-order valence-electron chi connectivity index (χ1n) is 11.6. The second-order valence-electron chi connectivity index (χ2n) is 8.80. The van der Waals surface area contributed by atoms with Gasteiger partial charge in [-0.3, -0.25) is 9.78 Å². The summed E-state index contributed by atoms with van der Waals surface area (Å²) >= 11 is 7.46. The van der Waals surface area contributed by atoms with Gasteiger partial charge in [0.2, 0.25) is 11.6 Å². The first-order chi connectivity index (χ1) is 17.0. The minimum atomic E-state index is -0.253. The SMILES string of the molecule is CC(C)N1CCC(NC(=O)c2nc(-c3ccccn3)nn2Cc2cc(-c3ccc(Cl)s3)on2)CC1. The molecule has 0 spiro atoms. The molecule has 35 heavy (non-hydrogen) atoms. The van der Waals surface area contributed by atoms with Crippen LogP contribution < -0.4 is 5.32 Å². The van der Waals surface area contributed by atoms with Gasteiger partial charge in [-0.2, -0.15) is 0 Å². The molecule has 0 atom stereocenters. The molecule has 182 valence electrons.